The molecule has 0 aliphatic rings. The number of ether oxygens (including phenoxy) is 1. The van der Waals surface area contributed by atoms with Gasteiger partial charge in [-0.15, -0.1) is 5.10 Å². The quantitative estimate of drug-likeness (QED) is 0.938. The van der Waals surface area contributed by atoms with Crippen molar-refractivity contribution in [1.29, 1.82) is 0 Å². The van der Waals surface area contributed by atoms with Crippen molar-refractivity contribution in [1.82, 2.24) is 10.2 Å². The number of rotatable bonds is 3. The van der Waals surface area contributed by atoms with Crippen LogP contribution in [-0.2, 0) is 6.54 Å². The summed E-state index contributed by atoms with van der Waals surface area (Å²) >= 11 is 3.37. The van der Waals surface area contributed by atoms with Crippen molar-refractivity contribution < 1.29 is 4.74 Å². The maximum absolute atomic E-state index is 5.60. The van der Waals surface area contributed by atoms with Gasteiger partial charge in [0.15, 0.2) is 0 Å². The van der Waals surface area contributed by atoms with Crippen LogP contribution in [0.3, 0.4) is 0 Å². The molecule has 0 bridgehead atoms. The minimum Gasteiger partial charge on any atom is -0.437 e. The van der Waals surface area contributed by atoms with Gasteiger partial charge in [-0.1, -0.05) is 22.0 Å². The molecule has 0 aliphatic carbocycles. The summed E-state index contributed by atoms with van der Waals surface area (Å²) in [5, 5.41) is 7.68. The van der Waals surface area contributed by atoms with E-state index in [0.29, 0.717) is 18.2 Å². The van der Waals surface area contributed by atoms with E-state index in [2.05, 4.69) is 26.1 Å². The van der Waals surface area contributed by atoms with Gasteiger partial charge in [-0.05, 0) is 24.3 Å². The van der Waals surface area contributed by atoms with Crippen LogP contribution in [0.4, 0.5) is 0 Å². The molecule has 82 valence electrons. The molecule has 4 nitrogen and oxygen atoms in total. The molecule has 2 aromatic rings. The number of aromatic nitrogens is 2. The maximum atomic E-state index is 5.60. The molecule has 2 rings (SSSR count). The highest BCUT2D eigenvalue weighted by Gasteiger charge is 2.05. The van der Waals surface area contributed by atoms with Gasteiger partial charge in [-0.3, -0.25) is 0 Å². The Morgan fingerprint density at radius 1 is 1.31 bits per heavy atom. The van der Waals surface area contributed by atoms with Crippen LogP contribution < -0.4 is 10.5 Å². The molecule has 0 fully saturated rings. The lowest BCUT2D eigenvalue weighted by atomic mass is 10.3. The number of benzene rings is 1. The Balaban J connectivity index is 2.26. The van der Waals surface area contributed by atoms with E-state index in [1.807, 2.05) is 24.3 Å². The van der Waals surface area contributed by atoms with E-state index in [1.165, 1.54) is 0 Å². The second-order valence-corrected chi connectivity index (χ2v) is 4.04. The second-order valence-electron chi connectivity index (χ2n) is 3.13. The molecule has 16 heavy (non-hydrogen) atoms. The van der Waals surface area contributed by atoms with Gasteiger partial charge in [0.2, 0.25) is 5.88 Å². The van der Waals surface area contributed by atoms with Gasteiger partial charge in [0.25, 0.3) is 0 Å². The average Bonchev–Trinajstić information content (AvgIpc) is 2.30. The molecule has 0 unspecified atom stereocenters. The summed E-state index contributed by atoms with van der Waals surface area (Å²) in [5.74, 6) is 1.15. The molecule has 0 radical (unpaired) electrons. The van der Waals surface area contributed by atoms with E-state index in [4.69, 9.17) is 10.5 Å². The normalized spacial score (nSPS) is 10.1. The maximum Gasteiger partial charge on any atom is 0.243 e. The van der Waals surface area contributed by atoms with Crippen molar-refractivity contribution in [2.75, 3.05) is 0 Å². The third-order valence-corrected chi connectivity index (χ3v) is 2.49. The average molecular weight is 280 g/mol. The second kappa shape index (κ2) is 5.05. The predicted molar refractivity (Wildman–Crippen MR) is 64.1 cm³/mol. The number of nitrogens with zero attached hydrogens (tertiary/aromatic N) is 2. The Morgan fingerprint density at radius 3 is 2.94 bits per heavy atom. The predicted octanol–water partition coefficient (Wildman–Crippen LogP) is 2.49. The fourth-order valence-electron chi connectivity index (χ4n) is 1.23. The number of nitrogens with two attached hydrogens (primary N) is 1. The van der Waals surface area contributed by atoms with Crippen LogP contribution in [0.25, 0.3) is 0 Å². The first-order chi connectivity index (χ1) is 7.79. The lowest BCUT2D eigenvalue weighted by molar-refractivity contribution is 0.448. The van der Waals surface area contributed by atoms with Crippen molar-refractivity contribution in [2.45, 2.75) is 6.54 Å². The molecular weight excluding hydrogens is 270 g/mol. The van der Waals surface area contributed by atoms with Gasteiger partial charge in [0, 0.05) is 16.6 Å². The minimum atomic E-state index is 0.374. The Morgan fingerprint density at radius 2 is 2.19 bits per heavy atom. The van der Waals surface area contributed by atoms with Gasteiger partial charge in [-0.25, -0.2) is 0 Å². The van der Waals surface area contributed by atoms with E-state index in [1.54, 1.807) is 12.3 Å². The fourth-order valence-corrected chi connectivity index (χ4v) is 1.61. The molecule has 0 atom stereocenters. The van der Waals surface area contributed by atoms with Crippen LogP contribution >= 0.6 is 15.9 Å². The summed E-state index contributed by atoms with van der Waals surface area (Å²) < 4.78 is 6.54. The van der Waals surface area contributed by atoms with Crippen molar-refractivity contribution in [2.24, 2.45) is 5.73 Å². The van der Waals surface area contributed by atoms with E-state index in [9.17, 15) is 0 Å². The molecule has 1 aromatic carbocycles. The summed E-state index contributed by atoms with van der Waals surface area (Å²) in [6, 6.07) is 9.31. The third kappa shape index (κ3) is 2.56. The zero-order valence-electron chi connectivity index (χ0n) is 8.43. The Bertz CT molecular complexity index is 490. The van der Waals surface area contributed by atoms with E-state index < -0.39 is 0 Å². The Kier molecular flexibility index (Phi) is 3.48. The zero-order valence-corrected chi connectivity index (χ0v) is 10.0. The Labute approximate surface area is 102 Å². The first-order valence-electron chi connectivity index (χ1n) is 4.73. The number of halogens is 1. The van der Waals surface area contributed by atoms with Crippen LogP contribution in [0.5, 0.6) is 11.6 Å². The van der Waals surface area contributed by atoms with Gasteiger partial charge in [0.05, 0.1) is 6.20 Å². The highest BCUT2D eigenvalue weighted by molar-refractivity contribution is 9.10. The summed E-state index contributed by atoms with van der Waals surface area (Å²) in [6.07, 6.45) is 1.59. The number of hydrogen-bond acceptors (Lipinski definition) is 4. The summed E-state index contributed by atoms with van der Waals surface area (Å²) in [6.45, 7) is 0.374. The van der Waals surface area contributed by atoms with Gasteiger partial charge >= 0.3 is 0 Å². The van der Waals surface area contributed by atoms with Crippen molar-refractivity contribution in [3.05, 3.63) is 46.6 Å². The lowest BCUT2D eigenvalue weighted by Crippen LogP contribution is -2.02. The third-order valence-electron chi connectivity index (χ3n) is 2.00. The van der Waals surface area contributed by atoms with Gasteiger partial charge in [0.1, 0.15) is 5.75 Å². The Hall–Kier alpha value is -1.46. The summed E-state index contributed by atoms with van der Waals surface area (Å²) in [7, 11) is 0. The van der Waals surface area contributed by atoms with Crippen molar-refractivity contribution in [3.63, 3.8) is 0 Å². The molecule has 5 heteroatoms. The number of hydrogen-bond donors (Lipinski definition) is 1. The molecule has 0 spiro atoms. The fraction of sp³-hybridized carbons (Fsp3) is 0.0909. The molecule has 0 amide bonds. The van der Waals surface area contributed by atoms with E-state index in [-0.39, 0.29) is 0 Å². The van der Waals surface area contributed by atoms with Crippen molar-refractivity contribution >= 4 is 15.9 Å². The van der Waals surface area contributed by atoms with Crippen LogP contribution in [0.15, 0.2) is 41.0 Å². The summed E-state index contributed by atoms with van der Waals surface area (Å²) in [4.78, 5) is 0. The monoisotopic (exact) mass is 279 g/mol. The van der Waals surface area contributed by atoms with Crippen LogP contribution in [0.2, 0.25) is 0 Å². The lowest BCUT2D eigenvalue weighted by Gasteiger charge is -2.07. The smallest absolute Gasteiger partial charge is 0.243 e. The van der Waals surface area contributed by atoms with Gasteiger partial charge in [-0.2, -0.15) is 5.10 Å². The summed E-state index contributed by atoms with van der Waals surface area (Å²) in [5.41, 5.74) is 6.41. The largest absolute Gasteiger partial charge is 0.437 e. The standard InChI is InChI=1S/C11H10BrN3O/c12-9-2-1-3-10(6-9)16-11-8(7-13)4-5-14-15-11/h1-6H,7,13H2. The first kappa shape index (κ1) is 11.0. The van der Waals surface area contributed by atoms with E-state index in [0.717, 1.165) is 10.0 Å². The SMILES string of the molecule is NCc1ccnnc1Oc1cccc(Br)c1. The van der Waals surface area contributed by atoms with E-state index >= 15 is 0 Å². The molecular formula is C11H10BrN3O. The molecule has 2 N–H and O–H groups in total. The molecule has 0 saturated carbocycles. The van der Waals surface area contributed by atoms with Crippen LogP contribution in [0, 0.1) is 0 Å². The molecule has 0 saturated heterocycles. The highest BCUT2D eigenvalue weighted by Crippen LogP contribution is 2.24. The molecule has 1 aromatic heterocycles. The van der Waals surface area contributed by atoms with Gasteiger partial charge < -0.3 is 10.5 Å². The zero-order chi connectivity index (χ0) is 11.4. The first-order valence-corrected chi connectivity index (χ1v) is 5.53. The minimum absolute atomic E-state index is 0.374. The molecule has 0 aliphatic heterocycles. The van der Waals surface area contributed by atoms with Crippen molar-refractivity contribution in [3.8, 4) is 11.6 Å². The van der Waals surface area contributed by atoms with Crippen LogP contribution in [0.1, 0.15) is 5.56 Å². The highest BCUT2D eigenvalue weighted by atomic mass is 79.9. The van der Waals surface area contributed by atoms with Crippen LogP contribution in [-0.4, -0.2) is 10.2 Å². The topological polar surface area (TPSA) is 61.0 Å². The molecule has 1 heterocycles.